The summed E-state index contributed by atoms with van der Waals surface area (Å²) in [6, 6.07) is 5.38. The van der Waals surface area contributed by atoms with Gasteiger partial charge in [-0.05, 0) is 37.5 Å². The number of Topliss-reactive ketones (excluding diaryl/α,β-unsaturated/α-hetero) is 1. The topological polar surface area (TPSA) is 35.5 Å². The van der Waals surface area contributed by atoms with Crippen LogP contribution in [0.5, 0.6) is 11.5 Å². The maximum absolute atomic E-state index is 12.0. The first kappa shape index (κ1) is 16.8. The predicted octanol–water partition coefficient (Wildman–Crippen LogP) is 4.47. The van der Waals surface area contributed by atoms with Gasteiger partial charge >= 0.3 is 0 Å². The molecule has 3 nitrogen and oxygen atoms in total. The smallest absolute Gasteiger partial charge is 0.163 e. The van der Waals surface area contributed by atoms with E-state index in [1.807, 2.05) is 13.0 Å². The molecule has 0 radical (unpaired) electrons. The van der Waals surface area contributed by atoms with Crippen molar-refractivity contribution in [1.29, 1.82) is 0 Å². The molecule has 0 fully saturated rings. The van der Waals surface area contributed by atoms with E-state index >= 15 is 0 Å². The third-order valence-corrected chi connectivity index (χ3v) is 2.99. The summed E-state index contributed by atoms with van der Waals surface area (Å²) in [5.74, 6) is 1.95. The summed E-state index contributed by atoms with van der Waals surface area (Å²) in [5.41, 5.74) is 0.657. The molecule has 0 N–H and O–H groups in total. The van der Waals surface area contributed by atoms with Gasteiger partial charge in [-0.3, -0.25) is 4.79 Å². The molecule has 1 aromatic rings. The first-order chi connectivity index (χ1) is 9.72. The molecule has 0 amide bonds. The Kier molecular flexibility index (Phi) is 8.12. The Labute approximate surface area is 126 Å². The minimum absolute atomic E-state index is 0.0917. The maximum Gasteiger partial charge on any atom is 0.163 e. The molecular weight excluding hydrogens is 276 g/mol. The highest BCUT2D eigenvalue weighted by Crippen LogP contribution is 2.29. The van der Waals surface area contributed by atoms with E-state index in [0.717, 1.165) is 12.8 Å². The third kappa shape index (κ3) is 5.41. The number of carbonyl (C=O) groups is 1. The molecule has 0 unspecified atom stereocenters. The van der Waals surface area contributed by atoms with Gasteiger partial charge < -0.3 is 9.47 Å². The lowest BCUT2D eigenvalue weighted by Crippen LogP contribution is -2.04. The number of rotatable bonds is 10. The molecule has 0 aliphatic heterocycles. The van der Waals surface area contributed by atoms with E-state index < -0.39 is 0 Å². The number of ether oxygens (including phenoxy) is 2. The SMILES string of the molecule is CCCOc1ccc(C(=O)CCCCl)cc1OCCC. The highest BCUT2D eigenvalue weighted by molar-refractivity contribution is 6.18. The van der Waals surface area contributed by atoms with Crippen LogP contribution in [0.3, 0.4) is 0 Å². The summed E-state index contributed by atoms with van der Waals surface area (Å²) in [5, 5.41) is 0. The minimum Gasteiger partial charge on any atom is -0.490 e. The van der Waals surface area contributed by atoms with Crippen LogP contribution < -0.4 is 9.47 Å². The van der Waals surface area contributed by atoms with Gasteiger partial charge in [0.25, 0.3) is 0 Å². The van der Waals surface area contributed by atoms with E-state index in [1.54, 1.807) is 12.1 Å². The number of carbonyl (C=O) groups excluding carboxylic acids is 1. The lowest BCUT2D eigenvalue weighted by molar-refractivity contribution is 0.0981. The number of hydrogen-bond donors (Lipinski definition) is 0. The van der Waals surface area contributed by atoms with Gasteiger partial charge in [-0.15, -0.1) is 11.6 Å². The largest absolute Gasteiger partial charge is 0.490 e. The molecule has 0 aliphatic carbocycles. The molecular formula is C16H23ClO3. The van der Waals surface area contributed by atoms with E-state index in [0.29, 0.717) is 49.0 Å². The number of halogens is 1. The predicted molar refractivity (Wildman–Crippen MR) is 82.3 cm³/mol. The second kappa shape index (κ2) is 9.65. The van der Waals surface area contributed by atoms with Crippen molar-refractivity contribution in [1.82, 2.24) is 0 Å². The van der Waals surface area contributed by atoms with Crippen LogP contribution in [-0.4, -0.2) is 24.9 Å². The van der Waals surface area contributed by atoms with E-state index in [9.17, 15) is 4.79 Å². The van der Waals surface area contributed by atoms with Crippen molar-refractivity contribution in [3.05, 3.63) is 23.8 Å². The van der Waals surface area contributed by atoms with Crippen molar-refractivity contribution in [3.63, 3.8) is 0 Å². The highest BCUT2D eigenvalue weighted by atomic mass is 35.5. The zero-order valence-corrected chi connectivity index (χ0v) is 13.0. The first-order valence-corrected chi connectivity index (χ1v) is 7.75. The van der Waals surface area contributed by atoms with E-state index in [-0.39, 0.29) is 5.78 Å². The summed E-state index contributed by atoms with van der Waals surface area (Å²) in [4.78, 5) is 12.0. The lowest BCUT2D eigenvalue weighted by atomic mass is 10.1. The van der Waals surface area contributed by atoms with Gasteiger partial charge in [0.05, 0.1) is 13.2 Å². The van der Waals surface area contributed by atoms with Crippen molar-refractivity contribution in [2.45, 2.75) is 39.5 Å². The number of benzene rings is 1. The average molecular weight is 299 g/mol. The molecule has 0 saturated carbocycles. The summed E-state index contributed by atoms with van der Waals surface area (Å²) in [6.45, 7) is 5.35. The van der Waals surface area contributed by atoms with E-state index in [4.69, 9.17) is 21.1 Å². The van der Waals surface area contributed by atoms with Crippen molar-refractivity contribution >= 4 is 17.4 Å². The van der Waals surface area contributed by atoms with Gasteiger partial charge in [0.2, 0.25) is 0 Å². The lowest BCUT2D eigenvalue weighted by Gasteiger charge is -2.13. The molecule has 112 valence electrons. The Morgan fingerprint density at radius 3 is 2.35 bits per heavy atom. The fourth-order valence-electron chi connectivity index (χ4n) is 1.71. The van der Waals surface area contributed by atoms with Crippen LogP contribution in [0, 0.1) is 0 Å². The normalized spacial score (nSPS) is 10.3. The summed E-state index contributed by atoms with van der Waals surface area (Å²) in [6.07, 6.45) is 3.01. The number of hydrogen-bond acceptors (Lipinski definition) is 3. The van der Waals surface area contributed by atoms with Crippen LogP contribution in [0.15, 0.2) is 18.2 Å². The Morgan fingerprint density at radius 2 is 1.75 bits per heavy atom. The molecule has 0 saturated heterocycles. The van der Waals surface area contributed by atoms with Gasteiger partial charge in [0.15, 0.2) is 17.3 Å². The molecule has 0 bridgehead atoms. The minimum atomic E-state index is 0.0917. The number of ketones is 1. The fraction of sp³-hybridized carbons (Fsp3) is 0.562. The second-order valence-corrected chi connectivity index (χ2v) is 4.95. The van der Waals surface area contributed by atoms with Gasteiger partial charge in [0, 0.05) is 17.9 Å². The van der Waals surface area contributed by atoms with Gasteiger partial charge in [0.1, 0.15) is 0 Å². The van der Waals surface area contributed by atoms with Crippen LogP contribution in [-0.2, 0) is 0 Å². The molecule has 0 atom stereocenters. The summed E-state index contributed by atoms with van der Waals surface area (Å²) in [7, 11) is 0. The van der Waals surface area contributed by atoms with Crippen LogP contribution in [0.2, 0.25) is 0 Å². The highest BCUT2D eigenvalue weighted by Gasteiger charge is 2.11. The molecule has 1 aromatic carbocycles. The van der Waals surface area contributed by atoms with Crippen LogP contribution >= 0.6 is 11.6 Å². The summed E-state index contributed by atoms with van der Waals surface area (Å²) >= 11 is 5.62. The van der Waals surface area contributed by atoms with Crippen molar-refractivity contribution in [2.24, 2.45) is 0 Å². The first-order valence-electron chi connectivity index (χ1n) is 7.21. The third-order valence-electron chi connectivity index (χ3n) is 2.73. The molecule has 0 spiro atoms. The standard InChI is InChI=1S/C16H23ClO3/c1-3-10-19-15-8-7-13(14(18)6-5-9-17)12-16(15)20-11-4-2/h7-8,12H,3-6,9-11H2,1-2H3. The van der Waals surface area contributed by atoms with Crippen LogP contribution in [0.25, 0.3) is 0 Å². The second-order valence-electron chi connectivity index (χ2n) is 4.57. The van der Waals surface area contributed by atoms with Crippen molar-refractivity contribution < 1.29 is 14.3 Å². The number of alkyl halides is 1. The Hall–Kier alpha value is -1.22. The monoisotopic (exact) mass is 298 g/mol. The van der Waals surface area contributed by atoms with Gasteiger partial charge in [-0.2, -0.15) is 0 Å². The van der Waals surface area contributed by atoms with Gasteiger partial charge in [-0.1, -0.05) is 13.8 Å². The Morgan fingerprint density at radius 1 is 1.10 bits per heavy atom. The zero-order chi connectivity index (χ0) is 14.8. The molecule has 1 rings (SSSR count). The van der Waals surface area contributed by atoms with Crippen molar-refractivity contribution in [2.75, 3.05) is 19.1 Å². The molecule has 0 aromatic heterocycles. The van der Waals surface area contributed by atoms with Crippen LogP contribution in [0.1, 0.15) is 49.9 Å². The Bertz CT molecular complexity index is 418. The van der Waals surface area contributed by atoms with Crippen LogP contribution in [0.4, 0.5) is 0 Å². The van der Waals surface area contributed by atoms with Crippen molar-refractivity contribution in [3.8, 4) is 11.5 Å². The molecule has 20 heavy (non-hydrogen) atoms. The average Bonchev–Trinajstić information content (AvgIpc) is 2.48. The zero-order valence-electron chi connectivity index (χ0n) is 12.3. The molecule has 4 heteroatoms. The summed E-state index contributed by atoms with van der Waals surface area (Å²) < 4.78 is 11.3. The Balaban J connectivity index is 2.85. The fourth-order valence-corrected chi connectivity index (χ4v) is 1.84. The maximum atomic E-state index is 12.0. The molecule has 0 aliphatic rings. The van der Waals surface area contributed by atoms with E-state index in [1.165, 1.54) is 0 Å². The van der Waals surface area contributed by atoms with E-state index in [2.05, 4.69) is 6.92 Å². The quantitative estimate of drug-likeness (QED) is 0.472. The van der Waals surface area contributed by atoms with Gasteiger partial charge in [-0.25, -0.2) is 0 Å². The molecule has 0 heterocycles.